The number of nitrogens with zero attached hydrogens (tertiary/aromatic N) is 3. The second-order valence-corrected chi connectivity index (χ2v) is 5.73. The van der Waals surface area contributed by atoms with Gasteiger partial charge in [0.15, 0.2) is 0 Å². The van der Waals surface area contributed by atoms with Gasteiger partial charge in [-0.1, -0.05) is 43.3 Å². The Morgan fingerprint density at radius 2 is 2.07 bits per heavy atom. The van der Waals surface area contributed by atoms with Gasteiger partial charge in [0.25, 0.3) is 5.56 Å². The number of rotatable bonds is 5. The van der Waals surface area contributed by atoms with E-state index >= 15 is 0 Å². The number of anilines is 1. The SMILES string of the molecule is CCc1ccc(O)c(C=NNc2nc(-c3ccccc3)c(C#N)c(=O)[nH]2)c1. The highest BCUT2D eigenvalue weighted by Crippen LogP contribution is 2.20. The molecule has 3 rings (SSSR count). The lowest BCUT2D eigenvalue weighted by molar-refractivity contribution is 0.474. The van der Waals surface area contributed by atoms with Crippen LogP contribution in [0.25, 0.3) is 11.3 Å². The number of hydrogen-bond acceptors (Lipinski definition) is 6. The number of hydrazone groups is 1. The molecule has 0 amide bonds. The summed E-state index contributed by atoms with van der Waals surface area (Å²) in [5.74, 6) is 0.198. The van der Waals surface area contributed by atoms with Crippen LogP contribution in [0.3, 0.4) is 0 Å². The minimum atomic E-state index is -0.556. The molecule has 0 unspecified atom stereocenters. The van der Waals surface area contributed by atoms with Crippen molar-refractivity contribution in [3.05, 3.63) is 75.6 Å². The minimum Gasteiger partial charge on any atom is -0.507 e. The number of aromatic nitrogens is 2. The molecule has 0 radical (unpaired) electrons. The highest BCUT2D eigenvalue weighted by Gasteiger charge is 2.12. The van der Waals surface area contributed by atoms with Gasteiger partial charge in [0, 0.05) is 11.1 Å². The Bertz CT molecular complexity index is 1080. The zero-order valence-electron chi connectivity index (χ0n) is 14.6. The molecule has 3 aromatic rings. The van der Waals surface area contributed by atoms with E-state index in [2.05, 4.69) is 20.5 Å². The molecule has 1 heterocycles. The van der Waals surface area contributed by atoms with Crippen molar-refractivity contribution < 1.29 is 5.11 Å². The fraction of sp³-hybridized carbons (Fsp3) is 0.100. The first-order chi connectivity index (χ1) is 13.1. The van der Waals surface area contributed by atoms with Crippen molar-refractivity contribution in [1.29, 1.82) is 5.26 Å². The summed E-state index contributed by atoms with van der Waals surface area (Å²) in [6.45, 7) is 2.02. The Labute approximate surface area is 155 Å². The van der Waals surface area contributed by atoms with Crippen LogP contribution in [-0.4, -0.2) is 21.3 Å². The number of benzene rings is 2. The van der Waals surface area contributed by atoms with E-state index in [0.29, 0.717) is 11.1 Å². The highest BCUT2D eigenvalue weighted by molar-refractivity contribution is 5.84. The molecule has 1 aromatic heterocycles. The number of aromatic amines is 1. The van der Waals surface area contributed by atoms with E-state index in [1.807, 2.05) is 31.2 Å². The van der Waals surface area contributed by atoms with Crippen molar-refractivity contribution in [1.82, 2.24) is 9.97 Å². The molecule has 0 spiro atoms. The van der Waals surface area contributed by atoms with Gasteiger partial charge in [-0.15, -0.1) is 0 Å². The number of phenols is 1. The van der Waals surface area contributed by atoms with Crippen LogP contribution in [0.1, 0.15) is 23.6 Å². The summed E-state index contributed by atoms with van der Waals surface area (Å²) in [6.07, 6.45) is 2.27. The molecule has 0 fully saturated rings. The van der Waals surface area contributed by atoms with Crippen molar-refractivity contribution in [2.75, 3.05) is 5.43 Å². The van der Waals surface area contributed by atoms with E-state index in [4.69, 9.17) is 0 Å². The topological polar surface area (TPSA) is 114 Å². The predicted molar refractivity (Wildman–Crippen MR) is 104 cm³/mol. The van der Waals surface area contributed by atoms with Crippen LogP contribution in [0.15, 0.2) is 58.4 Å². The van der Waals surface area contributed by atoms with Gasteiger partial charge in [0.2, 0.25) is 5.95 Å². The molecule has 2 aromatic carbocycles. The average Bonchev–Trinajstić information content (AvgIpc) is 2.69. The molecule has 7 heteroatoms. The van der Waals surface area contributed by atoms with E-state index in [0.717, 1.165) is 12.0 Å². The van der Waals surface area contributed by atoms with Gasteiger partial charge in [-0.05, 0) is 24.1 Å². The first-order valence-electron chi connectivity index (χ1n) is 8.33. The number of hydrogen-bond donors (Lipinski definition) is 3. The van der Waals surface area contributed by atoms with Crippen LogP contribution >= 0.6 is 0 Å². The van der Waals surface area contributed by atoms with Gasteiger partial charge < -0.3 is 5.11 Å². The van der Waals surface area contributed by atoms with Gasteiger partial charge in [0.1, 0.15) is 17.4 Å². The van der Waals surface area contributed by atoms with E-state index < -0.39 is 5.56 Å². The number of phenolic OH excluding ortho intramolecular Hbond substituents is 1. The summed E-state index contributed by atoms with van der Waals surface area (Å²) in [7, 11) is 0. The van der Waals surface area contributed by atoms with Gasteiger partial charge in [-0.2, -0.15) is 10.4 Å². The molecule has 0 saturated carbocycles. The Balaban J connectivity index is 1.91. The van der Waals surface area contributed by atoms with Crippen molar-refractivity contribution in [2.45, 2.75) is 13.3 Å². The smallest absolute Gasteiger partial charge is 0.270 e. The second kappa shape index (κ2) is 7.97. The lowest BCUT2D eigenvalue weighted by Crippen LogP contribution is -2.16. The Morgan fingerprint density at radius 3 is 2.78 bits per heavy atom. The first-order valence-corrected chi connectivity index (χ1v) is 8.33. The van der Waals surface area contributed by atoms with Crippen molar-refractivity contribution in [3.8, 4) is 23.1 Å². The van der Waals surface area contributed by atoms with Crippen molar-refractivity contribution in [2.24, 2.45) is 5.10 Å². The number of nitrogens with one attached hydrogen (secondary N) is 2. The molecular weight excluding hydrogens is 342 g/mol. The lowest BCUT2D eigenvalue weighted by atomic mass is 10.1. The Morgan fingerprint density at radius 1 is 1.30 bits per heavy atom. The zero-order chi connectivity index (χ0) is 19.2. The molecule has 0 saturated heterocycles. The van der Waals surface area contributed by atoms with Crippen LogP contribution < -0.4 is 11.0 Å². The van der Waals surface area contributed by atoms with Gasteiger partial charge in [0.05, 0.1) is 11.9 Å². The summed E-state index contributed by atoms with van der Waals surface area (Å²) in [5.41, 5.74) is 4.55. The molecular formula is C20H17N5O2. The summed E-state index contributed by atoms with van der Waals surface area (Å²) in [4.78, 5) is 19.0. The molecule has 134 valence electrons. The average molecular weight is 359 g/mol. The summed E-state index contributed by atoms with van der Waals surface area (Å²) in [6, 6.07) is 16.1. The van der Waals surface area contributed by atoms with Gasteiger partial charge in [-0.3, -0.25) is 9.78 Å². The standard InChI is InChI=1S/C20H17N5O2/c1-2-13-8-9-17(26)15(10-13)12-22-25-20-23-18(14-6-4-3-5-7-14)16(11-21)19(27)24-20/h3-10,12,26H,2H2,1H3,(H2,23,24,25,27). The fourth-order valence-corrected chi connectivity index (χ4v) is 2.53. The molecule has 3 N–H and O–H groups in total. The van der Waals surface area contributed by atoms with Crippen LogP contribution in [0.5, 0.6) is 5.75 Å². The molecule has 0 aliphatic carbocycles. The number of nitriles is 1. The van der Waals surface area contributed by atoms with E-state index in [9.17, 15) is 15.2 Å². The van der Waals surface area contributed by atoms with E-state index in [-0.39, 0.29) is 23.0 Å². The maximum absolute atomic E-state index is 12.2. The first kappa shape index (κ1) is 17.9. The maximum Gasteiger partial charge on any atom is 0.270 e. The minimum absolute atomic E-state index is 0.0657. The second-order valence-electron chi connectivity index (χ2n) is 5.73. The predicted octanol–water partition coefficient (Wildman–Crippen LogP) is 3.02. The third-order valence-corrected chi connectivity index (χ3v) is 3.95. The van der Waals surface area contributed by atoms with E-state index in [1.54, 1.807) is 30.3 Å². The van der Waals surface area contributed by atoms with Gasteiger partial charge in [-0.25, -0.2) is 10.4 Å². The van der Waals surface area contributed by atoms with Crippen LogP contribution in [0, 0.1) is 11.3 Å². The third-order valence-electron chi connectivity index (χ3n) is 3.95. The van der Waals surface area contributed by atoms with Crippen LogP contribution in [0.2, 0.25) is 0 Å². The number of H-pyrrole nitrogens is 1. The molecule has 0 atom stereocenters. The van der Waals surface area contributed by atoms with Gasteiger partial charge >= 0.3 is 0 Å². The zero-order valence-corrected chi connectivity index (χ0v) is 14.6. The number of aromatic hydroxyl groups is 1. The molecule has 7 nitrogen and oxygen atoms in total. The molecule has 0 bridgehead atoms. The fourth-order valence-electron chi connectivity index (χ4n) is 2.53. The van der Waals surface area contributed by atoms with Crippen LogP contribution in [-0.2, 0) is 6.42 Å². The lowest BCUT2D eigenvalue weighted by Gasteiger charge is -2.06. The third kappa shape index (κ3) is 4.02. The summed E-state index contributed by atoms with van der Waals surface area (Å²) >= 11 is 0. The maximum atomic E-state index is 12.2. The normalized spacial score (nSPS) is 10.7. The highest BCUT2D eigenvalue weighted by atomic mass is 16.3. The van der Waals surface area contributed by atoms with E-state index in [1.165, 1.54) is 6.21 Å². The van der Waals surface area contributed by atoms with Crippen molar-refractivity contribution >= 4 is 12.2 Å². The number of aryl methyl sites for hydroxylation is 1. The van der Waals surface area contributed by atoms with Crippen LogP contribution in [0.4, 0.5) is 5.95 Å². The largest absolute Gasteiger partial charge is 0.507 e. The molecule has 0 aliphatic rings. The Hall–Kier alpha value is -3.92. The molecule has 0 aliphatic heterocycles. The summed E-state index contributed by atoms with van der Waals surface area (Å²) in [5, 5.41) is 23.2. The van der Waals surface area contributed by atoms with Crippen molar-refractivity contribution in [3.63, 3.8) is 0 Å². The molecule has 27 heavy (non-hydrogen) atoms. The summed E-state index contributed by atoms with van der Waals surface area (Å²) < 4.78 is 0. The Kier molecular flexibility index (Phi) is 5.28. The monoisotopic (exact) mass is 359 g/mol. The quantitative estimate of drug-likeness (QED) is 0.478.